The van der Waals surface area contributed by atoms with Gasteiger partial charge in [-0.05, 0) is 6.54 Å². The Morgan fingerprint density at radius 2 is 2.16 bits per heavy atom. The van der Waals surface area contributed by atoms with Crippen LogP contribution in [-0.2, 0) is 9.53 Å². The molecule has 2 aliphatic rings. The first kappa shape index (κ1) is 15.1. The second-order valence-corrected chi connectivity index (χ2v) is 6.28. The summed E-state index contributed by atoms with van der Waals surface area (Å²) < 4.78 is 5.40. The van der Waals surface area contributed by atoms with E-state index in [1.807, 2.05) is 11.8 Å². The van der Waals surface area contributed by atoms with Crippen molar-refractivity contribution in [2.75, 3.05) is 57.4 Å². The van der Waals surface area contributed by atoms with Crippen molar-refractivity contribution in [1.82, 2.24) is 15.5 Å². The third-order valence-corrected chi connectivity index (χ3v) is 4.66. The average molecular weight is 287 g/mol. The Hall–Kier alpha value is -0.300. The fraction of sp³-hybridized carbons (Fsp3) is 0.923. The van der Waals surface area contributed by atoms with E-state index in [1.165, 1.54) is 11.5 Å². The summed E-state index contributed by atoms with van der Waals surface area (Å²) in [5, 5.41) is 6.37. The van der Waals surface area contributed by atoms with Gasteiger partial charge < -0.3 is 15.4 Å². The Morgan fingerprint density at radius 3 is 2.89 bits per heavy atom. The van der Waals surface area contributed by atoms with E-state index in [-0.39, 0.29) is 17.9 Å². The van der Waals surface area contributed by atoms with Gasteiger partial charge in [0.15, 0.2) is 0 Å². The van der Waals surface area contributed by atoms with Gasteiger partial charge in [-0.1, -0.05) is 6.92 Å². The molecule has 2 rings (SSSR count). The van der Waals surface area contributed by atoms with E-state index >= 15 is 0 Å². The molecule has 0 saturated carbocycles. The number of hydrogen-bond acceptors (Lipinski definition) is 5. The molecule has 1 amide bonds. The predicted octanol–water partition coefficient (Wildman–Crippen LogP) is -0.224. The monoisotopic (exact) mass is 287 g/mol. The first-order valence-corrected chi connectivity index (χ1v) is 8.35. The lowest BCUT2D eigenvalue weighted by atomic mass is 10.0. The molecule has 0 aromatic carbocycles. The summed E-state index contributed by atoms with van der Waals surface area (Å²) in [5.74, 6) is 2.53. The molecule has 2 saturated heterocycles. The average Bonchev–Trinajstić information content (AvgIpc) is 2.89. The van der Waals surface area contributed by atoms with E-state index in [1.54, 1.807) is 0 Å². The van der Waals surface area contributed by atoms with Crippen LogP contribution in [0.1, 0.15) is 6.92 Å². The summed E-state index contributed by atoms with van der Waals surface area (Å²) in [6.07, 6.45) is 0. The van der Waals surface area contributed by atoms with Crippen molar-refractivity contribution < 1.29 is 9.53 Å². The van der Waals surface area contributed by atoms with Gasteiger partial charge in [0.05, 0.1) is 19.1 Å². The van der Waals surface area contributed by atoms with Gasteiger partial charge in [0.25, 0.3) is 0 Å². The van der Waals surface area contributed by atoms with Crippen molar-refractivity contribution >= 4 is 17.7 Å². The van der Waals surface area contributed by atoms with Crippen molar-refractivity contribution in [3.8, 4) is 0 Å². The molecule has 2 fully saturated rings. The van der Waals surface area contributed by atoms with Gasteiger partial charge in [-0.3, -0.25) is 9.69 Å². The minimum Gasteiger partial charge on any atom is -0.379 e. The van der Waals surface area contributed by atoms with Crippen LogP contribution in [-0.4, -0.2) is 74.3 Å². The van der Waals surface area contributed by atoms with Gasteiger partial charge in [-0.25, -0.2) is 0 Å². The smallest absolute Gasteiger partial charge is 0.227 e. The van der Waals surface area contributed by atoms with Crippen LogP contribution in [0.15, 0.2) is 0 Å². The summed E-state index contributed by atoms with van der Waals surface area (Å²) in [4.78, 5) is 14.5. The molecular weight excluding hydrogens is 262 g/mol. The second-order valence-electron chi connectivity index (χ2n) is 5.05. The molecule has 2 heterocycles. The number of thioether (sulfide) groups is 1. The van der Waals surface area contributed by atoms with Gasteiger partial charge in [-0.2, -0.15) is 11.8 Å². The van der Waals surface area contributed by atoms with Crippen molar-refractivity contribution in [2.45, 2.75) is 13.0 Å². The van der Waals surface area contributed by atoms with Crippen LogP contribution >= 0.6 is 11.8 Å². The number of carbonyl (C=O) groups excluding carboxylic acids is 1. The molecule has 19 heavy (non-hydrogen) atoms. The number of ether oxygens (including phenoxy) is 1. The molecule has 0 bridgehead atoms. The number of nitrogens with one attached hydrogen (secondary N) is 2. The lowest BCUT2D eigenvalue weighted by molar-refractivity contribution is -0.125. The quantitative estimate of drug-likeness (QED) is 0.707. The molecule has 0 aliphatic carbocycles. The van der Waals surface area contributed by atoms with E-state index in [2.05, 4.69) is 22.5 Å². The first-order valence-electron chi connectivity index (χ1n) is 7.20. The number of amides is 1. The molecule has 5 nitrogen and oxygen atoms in total. The molecule has 2 aliphatic heterocycles. The third-order valence-electron chi connectivity index (χ3n) is 3.71. The molecule has 2 atom stereocenters. The largest absolute Gasteiger partial charge is 0.379 e. The zero-order valence-corrected chi connectivity index (χ0v) is 12.5. The molecule has 0 radical (unpaired) electrons. The molecule has 0 spiro atoms. The van der Waals surface area contributed by atoms with Gasteiger partial charge in [0.2, 0.25) is 5.91 Å². The Bertz CT molecular complexity index is 285. The predicted molar refractivity (Wildman–Crippen MR) is 78.5 cm³/mol. The zero-order valence-electron chi connectivity index (χ0n) is 11.7. The van der Waals surface area contributed by atoms with Crippen LogP contribution in [0.2, 0.25) is 0 Å². The number of nitrogens with zero attached hydrogens (tertiary/aromatic N) is 1. The lowest BCUT2D eigenvalue weighted by Crippen LogP contribution is -2.46. The zero-order chi connectivity index (χ0) is 13.5. The standard InChI is InChI=1S/C13H25N3O2S/c1-2-14-12-10-18-9-11(12)13(17)15-3-4-16-5-7-19-8-6-16/h11-12,14H,2-10H2,1H3,(H,15,17). The summed E-state index contributed by atoms with van der Waals surface area (Å²) >= 11 is 2.01. The summed E-state index contributed by atoms with van der Waals surface area (Å²) in [6, 6.07) is 0.177. The first-order chi connectivity index (χ1) is 9.31. The summed E-state index contributed by atoms with van der Waals surface area (Å²) in [7, 11) is 0. The Labute approximate surface area is 119 Å². The van der Waals surface area contributed by atoms with Crippen LogP contribution in [0.5, 0.6) is 0 Å². The van der Waals surface area contributed by atoms with E-state index in [0.29, 0.717) is 13.2 Å². The molecule has 110 valence electrons. The Balaban J connectivity index is 1.65. The van der Waals surface area contributed by atoms with Crippen LogP contribution in [0.25, 0.3) is 0 Å². The summed E-state index contributed by atoms with van der Waals surface area (Å²) in [5.41, 5.74) is 0. The summed E-state index contributed by atoms with van der Waals surface area (Å²) in [6.45, 7) is 8.13. The molecule has 6 heteroatoms. The van der Waals surface area contributed by atoms with Gasteiger partial charge in [0.1, 0.15) is 0 Å². The van der Waals surface area contributed by atoms with Gasteiger partial charge in [0, 0.05) is 43.7 Å². The normalized spacial score (nSPS) is 28.5. The van der Waals surface area contributed by atoms with Crippen molar-refractivity contribution in [2.24, 2.45) is 5.92 Å². The van der Waals surface area contributed by atoms with Crippen LogP contribution in [0.3, 0.4) is 0 Å². The van der Waals surface area contributed by atoms with E-state index in [9.17, 15) is 4.79 Å². The van der Waals surface area contributed by atoms with E-state index in [0.717, 1.165) is 32.7 Å². The third kappa shape index (κ3) is 4.63. The minimum atomic E-state index is -0.0307. The van der Waals surface area contributed by atoms with Crippen LogP contribution in [0.4, 0.5) is 0 Å². The van der Waals surface area contributed by atoms with Gasteiger partial charge >= 0.3 is 0 Å². The minimum absolute atomic E-state index is 0.0307. The SMILES string of the molecule is CCNC1COCC1C(=O)NCCN1CCSCC1. The number of hydrogen-bond donors (Lipinski definition) is 2. The molecule has 2 unspecified atom stereocenters. The number of rotatable bonds is 6. The Morgan fingerprint density at radius 1 is 1.37 bits per heavy atom. The number of carbonyl (C=O) groups is 1. The highest BCUT2D eigenvalue weighted by atomic mass is 32.2. The topological polar surface area (TPSA) is 53.6 Å². The van der Waals surface area contributed by atoms with Crippen LogP contribution in [0, 0.1) is 5.92 Å². The second kappa shape index (κ2) is 8.09. The van der Waals surface area contributed by atoms with Crippen LogP contribution < -0.4 is 10.6 Å². The lowest BCUT2D eigenvalue weighted by Gasteiger charge is -2.26. The van der Waals surface area contributed by atoms with Crippen molar-refractivity contribution in [3.05, 3.63) is 0 Å². The maximum atomic E-state index is 12.1. The van der Waals surface area contributed by atoms with Crippen molar-refractivity contribution in [3.63, 3.8) is 0 Å². The number of likely N-dealkylation sites (N-methyl/N-ethyl adjacent to an activating group) is 1. The molecular formula is C13H25N3O2S. The molecule has 0 aromatic rings. The highest BCUT2D eigenvalue weighted by Gasteiger charge is 2.33. The van der Waals surface area contributed by atoms with Crippen molar-refractivity contribution in [1.29, 1.82) is 0 Å². The van der Waals surface area contributed by atoms with Gasteiger partial charge in [-0.15, -0.1) is 0 Å². The molecule has 0 aromatic heterocycles. The van der Waals surface area contributed by atoms with E-state index < -0.39 is 0 Å². The fourth-order valence-corrected chi connectivity index (χ4v) is 3.55. The fourth-order valence-electron chi connectivity index (χ4n) is 2.57. The Kier molecular flexibility index (Phi) is 6.43. The highest BCUT2D eigenvalue weighted by Crippen LogP contribution is 2.13. The maximum absolute atomic E-state index is 12.1. The maximum Gasteiger partial charge on any atom is 0.227 e. The molecule has 2 N–H and O–H groups in total. The van der Waals surface area contributed by atoms with E-state index in [4.69, 9.17) is 4.74 Å². The highest BCUT2D eigenvalue weighted by molar-refractivity contribution is 7.99.